The molecule has 0 radical (unpaired) electrons. The van der Waals surface area contributed by atoms with Crippen LogP contribution in [-0.4, -0.2) is 31.2 Å². The fourth-order valence-corrected chi connectivity index (χ4v) is 2.24. The van der Waals surface area contributed by atoms with Gasteiger partial charge in [0.1, 0.15) is 5.69 Å². The molecule has 2 rings (SSSR count). The molecule has 1 heterocycles. The molecule has 0 saturated carbocycles. The minimum Gasteiger partial charge on any atom is -0.464 e. The van der Waals surface area contributed by atoms with Crippen molar-refractivity contribution in [3.8, 4) is 0 Å². The van der Waals surface area contributed by atoms with E-state index in [9.17, 15) is 9.59 Å². The molecule has 0 saturated heterocycles. The first-order chi connectivity index (χ1) is 9.60. The quantitative estimate of drug-likeness (QED) is 0.868. The minimum absolute atomic E-state index is 0.167. The lowest BCUT2D eigenvalue weighted by Crippen LogP contribution is -2.22. The van der Waals surface area contributed by atoms with Crippen LogP contribution in [0.2, 0.25) is 0 Å². The number of anilines is 1. The summed E-state index contributed by atoms with van der Waals surface area (Å²) in [6, 6.07) is 6.88. The van der Waals surface area contributed by atoms with Crippen LogP contribution in [0.25, 0.3) is 10.9 Å². The molecule has 1 N–H and O–H groups in total. The Morgan fingerprint density at radius 3 is 2.55 bits per heavy atom. The normalized spacial score (nSPS) is 10.6. The highest BCUT2D eigenvalue weighted by atomic mass is 16.5. The zero-order valence-electron chi connectivity index (χ0n) is 11.9. The molecule has 5 heteroatoms. The van der Waals surface area contributed by atoms with E-state index >= 15 is 0 Å². The SMILES string of the molecule is CCN(CC)c1ccc2[nH]c(C(=O)OC)cc(=O)c2c1. The van der Waals surface area contributed by atoms with Gasteiger partial charge in [-0.1, -0.05) is 0 Å². The summed E-state index contributed by atoms with van der Waals surface area (Å²) < 4.78 is 4.62. The zero-order valence-corrected chi connectivity index (χ0v) is 11.9. The number of ether oxygens (including phenoxy) is 1. The van der Waals surface area contributed by atoms with Crippen LogP contribution in [0.4, 0.5) is 5.69 Å². The van der Waals surface area contributed by atoms with Gasteiger partial charge in [-0.25, -0.2) is 4.79 Å². The molecule has 1 aromatic heterocycles. The maximum absolute atomic E-state index is 12.1. The predicted molar refractivity (Wildman–Crippen MR) is 79.5 cm³/mol. The Hall–Kier alpha value is -2.30. The van der Waals surface area contributed by atoms with Gasteiger partial charge in [-0.3, -0.25) is 4.79 Å². The number of nitrogens with zero attached hydrogens (tertiary/aromatic N) is 1. The van der Waals surface area contributed by atoms with Crippen molar-refractivity contribution in [1.82, 2.24) is 4.98 Å². The molecule has 0 bridgehead atoms. The van der Waals surface area contributed by atoms with Crippen LogP contribution in [-0.2, 0) is 4.74 Å². The number of esters is 1. The number of aromatic amines is 1. The molecular weight excluding hydrogens is 256 g/mol. The van der Waals surface area contributed by atoms with Gasteiger partial charge in [0.05, 0.1) is 12.6 Å². The van der Waals surface area contributed by atoms with E-state index in [4.69, 9.17) is 0 Å². The van der Waals surface area contributed by atoms with Gasteiger partial charge < -0.3 is 14.6 Å². The molecule has 0 amide bonds. The Bertz CT molecular complexity index is 687. The van der Waals surface area contributed by atoms with Crippen molar-refractivity contribution in [2.45, 2.75) is 13.8 Å². The second-order valence-electron chi connectivity index (χ2n) is 4.44. The number of rotatable bonds is 4. The monoisotopic (exact) mass is 274 g/mol. The van der Waals surface area contributed by atoms with Gasteiger partial charge in [-0.15, -0.1) is 0 Å². The molecule has 0 fully saturated rings. The van der Waals surface area contributed by atoms with Crippen molar-refractivity contribution in [2.24, 2.45) is 0 Å². The minimum atomic E-state index is -0.545. The van der Waals surface area contributed by atoms with E-state index in [0.29, 0.717) is 10.9 Å². The molecule has 0 spiro atoms. The third-order valence-electron chi connectivity index (χ3n) is 3.35. The van der Waals surface area contributed by atoms with Crippen molar-refractivity contribution in [2.75, 3.05) is 25.1 Å². The first kappa shape index (κ1) is 14.1. The highest BCUT2D eigenvalue weighted by Gasteiger charge is 2.11. The van der Waals surface area contributed by atoms with Gasteiger partial charge in [-0.2, -0.15) is 0 Å². The van der Waals surface area contributed by atoms with E-state index in [-0.39, 0.29) is 11.1 Å². The fraction of sp³-hybridized carbons (Fsp3) is 0.333. The topological polar surface area (TPSA) is 62.4 Å². The Morgan fingerprint density at radius 1 is 1.25 bits per heavy atom. The Balaban J connectivity index is 2.57. The Labute approximate surface area is 117 Å². The lowest BCUT2D eigenvalue weighted by atomic mass is 10.1. The molecule has 20 heavy (non-hydrogen) atoms. The van der Waals surface area contributed by atoms with E-state index < -0.39 is 5.97 Å². The van der Waals surface area contributed by atoms with E-state index in [2.05, 4.69) is 28.5 Å². The largest absolute Gasteiger partial charge is 0.464 e. The van der Waals surface area contributed by atoms with Crippen molar-refractivity contribution in [3.63, 3.8) is 0 Å². The van der Waals surface area contributed by atoms with Gasteiger partial charge >= 0.3 is 5.97 Å². The summed E-state index contributed by atoms with van der Waals surface area (Å²) in [5, 5.41) is 0.571. The average molecular weight is 274 g/mol. The summed E-state index contributed by atoms with van der Waals surface area (Å²) in [5.41, 5.74) is 1.61. The zero-order chi connectivity index (χ0) is 14.7. The summed E-state index contributed by atoms with van der Waals surface area (Å²) in [5.74, 6) is -0.545. The lowest BCUT2D eigenvalue weighted by molar-refractivity contribution is 0.0594. The second-order valence-corrected chi connectivity index (χ2v) is 4.44. The molecule has 0 aliphatic rings. The molecule has 5 nitrogen and oxygen atoms in total. The number of H-pyrrole nitrogens is 1. The average Bonchev–Trinajstić information content (AvgIpc) is 2.48. The van der Waals surface area contributed by atoms with Crippen LogP contribution in [0.5, 0.6) is 0 Å². The standard InChI is InChI=1S/C15H18N2O3/c1-4-17(5-2)10-6-7-12-11(8-10)14(18)9-13(16-12)15(19)20-3/h6-9H,4-5H2,1-3H3,(H,16,18). The number of benzene rings is 1. The van der Waals surface area contributed by atoms with Crippen molar-refractivity contribution in [1.29, 1.82) is 0 Å². The number of nitrogens with one attached hydrogen (secondary N) is 1. The van der Waals surface area contributed by atoms with Crippen LogP contribution in [0, 0.1) is 0 Å². The molecule has 0 aliphatic carbocycles. The van der Waals surface area contributed by atoms with Crippen LogP contribution >= 0.6 is 0 Å². The second kappa shape index (κ2) is 5.77. The van der Waals surface area contributed by atoms with E-state index in [1.807, 2.05) is 18.2 Å². The molecule has 2 aromatic rings. The van der Waals surface area contributed by atoms with E-state index in [1.165, 1.54) is 13.2 Å². The number of carbonyl (C=O) groups excluding carboxylic acids is 1. The molecule has 0 aliphatic heterocycles. The number of hydrogen-bond acceptors (Lipinski definition) is 4. The highest BCUT2D eigenvalue weighted by molar-refractivity contribution is 5.91. The van der Waals surface area contributed by atoms with Gasteiger partial charge in [0.15, 0.2) is 5.43 Å². The maximum Gasteiger partial charge on any atom is 0.354 e. The Morgan fingerprint density at radius 2 is 1.95 bits per heavy atom. The fourth-order valence-electron chi connectivity index (χ4n) is 2.24. The lowest BCUT2D eigenvalue weighted by Gasteiger charge is -2.21. The molecule has 0 atom stereocenters. The summed E-state index contributed by atoms with van der Waals surface area (Å²) in [4.78, 5) is 28.7. The van der Waals surface area contributed by atoms with E-state index in [0.717, 1.165) is 18.8 Å². The summed E-state index contributed by atoms with van der Waals surface area (Å²) in [6.07, 6.45) is 0. The third kappa shape index (κ3) is 2.52. The summed E-state index contributed by atoms with van der Waals surface area (Å²) >= 11 is 0. The molecule has 106 valence electrons. The van der Waals surface area contributed by atoms with Gasteiger partial charge in [0.25, 0.3) is 0 Å². The van der Waals surface area contributed by atoms with Gasteiger partial charge in [0.2, 0.25) is 0 Å². The highest BCUT2D eigenvalue weighted by Crippen LogP contribution is 2.19. The molecular formula is C15H18N2O3. The van der Waals surface area contributed by atoms with Gasteiger partial charge in [-0.05, 0) is 32.0 Å². The van der Waals surface area contributed by atoms with Gasteiger partial charge in [0, 0.05) is 30.2 Å². The van der Waals surface area contributed by atoms with Crippen molar-refractivity contribution >= 4 is 22.6 Å². The first-order valence-corrected chi connectivity index (χ1v) is 6.61. The smallest absolute Gasteiger partial charge is 0.354 e. The van der Waals surface area contributed by atoms with Crippen molar-refractivity contribution < 1.29 is 9.53 Å². The van der Waals surface area contributed by atoms with Crippen molar-refractivity contribution in [3.05, 3.63) is 40.2 Å². The number of methoxy groups -OCH3 is 1. The first-order valence-electron chi connectivity index (χ1n) is 6.61. The number of aromatic nitrogens is 1. The van der Waals surface area contributed by atoms with Crippen LogP contribution in [0.15, 0.2) is 29.1 Å². The van der Waals surface area contributed by atoms with E-state index in [1.54, 1.807) is 0 Å². The number of hydrogen-bond donors (Lipinski definition) is 1. The van der Waals surface area contributed by atoms with Crippen LogP contribution in [0.3, 0.4) is 0 Å². The molecule has 1 aromatic carbocycles. The number of carbonyl (C=O) groups is 1. The third-order valence-corrected chi connectivity index (χ3v) is 3.35. The maximum atomic E-state index is 12.1. The Kier molecular flexibility index (Phi) is 4.08. The number of fused-ring (bicyclic) bond motifs is 1. The van der Waals surface area contributed by atoms with Crippen LogP contribution < -0.4 is 10.3 Å². The van der Waals surface area contributed by atoms with Crippen LogP contribution in [0.1, 0.15) is 24.3 Å². The number of pyridine rings is 1. The summed E-state index contributed by atoms with van der Waals surface area (Å²) in [6.45, 7) is 5.89. The predicted octanol–water partition coefficient (Wildman–Crippen LogP) is 2.16. The summed E-state index contributed by atoms with van der Waals surface area (Å²) in [7, 11) is 1.29. The molecule has 0 unspecified atom stereocenters.